The molecule has 0 amide bonds. The summed E-state index contributed by atoms with van der Waals surface area (Å²) in [5, 5.41) is 0. The molecule has 1 heterocycles. The number of pyridine rings is 1. The van der Waals surface area contributed by atoms with Crippen LogP contribution in [0.1, 0.15) is 16.7 Å². The minimum absolute atomic E-state index is 0.287. The molecule has 0 saturated heterocycles. The van der Waals surface area contributed by atoms with Crippen LogP contribution >= 0.6 is 0 Å². The van der Waals surface area contributed by atoms with Crippen LogP contribution in [0, 0.1) is 19.7 Å². The van der Waals surface area contributed by atoms with E-state index < -0.39 is 0 Å². The zero-order chi connectivity index (χ0) is 13.1. The van der Waals surface area contributed by atoms with Crippen LogP contribution in [0.4, 0.5) is 10.1 Å². The van der Waals surface area contributed by atoms with E-state index in [1.165, 1.54) is 12.3 Å². The Morgan fingerprint density at radius 1 is 1.17 bits per heavy atom. The van der Waals surface area contributed by atoms with Crippen LogP contribution in [0.5, 0.6) is 5.75 Å². The first kappa shape index (κ1) is 12.4. The van der Waals surface area contributed by atoms with Crippen molar-refractivity contribution in [3.8, 4) is 5.75 Å². The van der Waals surface area contributed by atoms with E-state index in [-0.39, 0.29) is 12.4 Å². The number of halogens is 1. The molecule has 0 bridgehead atoms. The number of aryl methyl sites for hydroxylation is 2. The Labute approximate surface area is 105 Å². The van der Waals surface area contributed by atoms with Crippen LogP contribution in [0.2, 0.25) is 0 Å². The molecule has 0 spiro atoms. The number of rotatable bonds is 3. The molecule has 18 heavy (non-hydrogen) atoms. The maximum absolute atomic E-state index is 13.0. The Hall–Kier alpha value is -2.10. The summed E-state index contributed by atoms with van der Waals surface area (Å²) >= 11 is 0. The Bertz CT molecular complexity index is 570. The monoisotopic (exact) mass is 246 g/mol. The van der Waals surface area contributed by atoms with E-state index in [0.717, 1.165) is 22.6 Å². The number of benzene rings is 1. The third kappa shape index (κ3) is 2.77. The third-order valence-electron chi connectivity index (χ3n) is 2.72. The lowest BCUT2D eigenvalue weighted by atomic mass is 10.1. The van der Waals surface area contributed by atoms with E-state index in [9.17, 15) is 4.39 Å². The van der Waals surface area contributed by atoms with E-state index in [1.807, 2.05) is 26.0 Å². The van der Waals surface area contributed by atoms with Gasteiger partial charge in [0.1, 0.15) is 18.2 Å². The van der Waals surface area contributed by atoms with Crippen molar-refractivity contribution in [1.82, 2.24) is 4.98 Å². The van der Waals surface area contributed by atoms with Gasteiger partial charge in [0.05, 0.1) is 6.20 Å². The maximum Gasteiger partial charge on any atom is 0.141 e. The smallest absolute Gasteiger partial charge is 0.141 e. The number of anilines is 1. The Morgan fingerprint density at radius 3 is 2.67 bits per heavy atom. The molecule has 0 aliphatic carbocycles. The normalized spacial score (nSPS) is 10.4. The van der Waals surface area contributed by atoms with Gasteiger partial charge in [0, 0.05) is 17.4 Å². The molecule has 0 radical (unpaired) electrons. The molecule has 1 aromatic carbocycles. The Morgan fingerprint density at radius 2 is 1.94 bits per heavy atom. The van der Waals surface area contributed by atoms with E-state index >= 15 is 0 Å². The summed E-state index contributed by atoms with van der Waals surface area (Å²) in [6, 6.07) is 5.17. The molecule has 2 rings (SSSR count). The topological polar surface area (TPSA) is 48.1 Å². The second-order valence-electron chi connectivity index (χ2n) is 4.27. The third-order valence-corrected chi connectivity index (χ3v) is 2.72. The first-order chi connectivity index (χ1) is 8.56. The molecule has 4 heteroatoms. The molecule has 3 nitrogen and oxygen atoms in total. The minimum atomic E-state index is -0.360. The average Bonchev–Trinajstić information content (AvgIpc) is 2.32. The summed E-state index contributed by atoms with van der Waals surface area (Å²) in [5.41, 5.74) is 9.17. The summed E-state index contributed by atoms with van der Waals surface area (Å²) < 4.78 is 18.6. The van der Waals surface area contributed by atoms with Crippen molar-refractivity contribution >= 4 is 5.69 Å². The van der Waals surface area contributed by atoms with Crippen molar-refractivity contribution in [3.63, 3.8) is 0 Å². The van der Waals surface area contributed by atoms with Crippen LogP contribution in [0.25, 0.3) is 0 Å². The summed E-state index contributed by atoms with van der Waals surface area (Å²) in [4.78, 5) is 3.78. The van der Waals surface area contributed by atoms with Crippen LogP contribution in [-0.4, -0.2) is 4.98 Å². The fourth-order valence-electron chi connectivity index (χ4n) is 1.66. The number of hydrogen-bond acceptors (Lipinski definition) is 3. The average molecular weight is 246 g/mol. The number of aromatic nitrogens is 1. The summed E-state index contributed by atoms with van der Waals surface area (Å²) in [5.74, 6) is 0.396. The molecule has 0 fully saturated rings. The highest BCUT2D eigenvalue weighted by Crippen LogP contribution is 2.24. The molecule has 0 atom stereocenters. The van der Waals surface area contributed by atoms with Crippen LogP contribution in [0.3, 0.4) is 0 Å². The van der Waals surface area contributed by atoms with Gasteiger partial charge in [-0.1, -0.05) is 0 Å². The van der Waals surface area contributed by atoms with Crippen LogP contribution < -0.4 is 10.5 Å². The lowest BCUT2D eigenvalue weighted by molar-refractivity contribution is 0.303. The van der Waals surface area contributed by atoms with Gasteiger partial charge in [-0.2, -0.15) is 0 Å². The van der Waals surface area contributed by atoms with Crippen molar-refractivity contribution < 1.29 is 9.13 Å². The lowest BCUT2D eigenvalue weighted by Crippen LogP contribution is -2.00. The molecule has 2 aromatic rings. The van der Waals surface area contributed by atoms with Crippen molar-refractivity contribution in [2.24, 2.45) is 0 Å². The maximum atomic E-state index is 13.0. The Balaban J connectivity index is 2.13. The summed E-state index contributed by atoms with van der Waals surface area (Å²) in [6.45, 7) is 4.13. The van der Waals surface area contributed by atoms with E-state index in [2.05, 4.69) is 4.98 Å². The van der Waals surface area contributed by atoms with Crippen LogP contribution in [0.15, 0.2) is 30.6 Å². The number of ether oxygens (including phenoxy) is 1. The fraction of sp³-hybridized carbons (Fsp3) is 0.214. The molecule has 0 unspecified atom stereocenters. The van der Waals surface area contributed by atoms with Crippen molar-refractivity contribution in [3.05, 3.63) is 53.1 Å². The zero-order valence-corrected chi connectivity index (χ0v) is 10.4. The molecule has 94 valence electrons. The number of nitrogens with zero attached hydrogens (tertiary/aromatic N) is 1. The largest absolute Gasteiger partial charge is 0.489 e. The Kier molecular flexibility index (Phi) is 3.46. The second-order valence-corrected chi connectivity index (χ2v) is 4.27. The van der Waals surface area contributed by atoms with Crippen molar-refractivity contribution in [1.29, 1.82) is 0 Å². The molecule has 1 aromatic heterocycles. The first-order valence-corrected chi connectivity index (χ1v) is 5.65. The van der Waals surface area contributed by atoms with Gasteiger partial charge < -0.3 is 10.5 Å². The lowest BCUT2D eigenvalue weighted by Gasteiger charge is -2.11. The van der Waals surface area contributed by atoms with Gasteiger partial charge in [0.2, 0.25) is 0 Å². The molecular weight excluding hydrogens is 231 g/mol. The van der Waals surface area contributed by atoms with E-state index in [0.29, 0.717) is 5.56 Å². The van der Waals surface area contributed by atoms with Gasteiger partial charge in [0.25, 0.3) is 0 Å². The fourth-order valence-corrected chi connectivity index (χ4v) is 1.66. The number of nitrogen functional groups attached to an aromatic ring is 1. The molecule has 0 aliphatic heterocycles. The van der Waals surface area contributed by atoms with Crippen molar-refractivity contribution in [2.45, 2.75) is 20.5 Å². The van der Waals surface area contributed by atoms with E-state index in [1.54, 1.807) is 6.20 Å². The molecule has 0 aliphatic rings. The molecule has 2 N–H and O–H groups in total. The highest BCUT2D eigenvalue weighted by atomic mass is 19.1. The van der Waals surface area contributed by atoms with Gasteiger partial charge >= 0.3 is 0 Å². The quantitative estimate of drug-likeness (QED) is 0.847. The highest BCUT2D eigenvalue weighted by molar-refractivity contribution is 5.53. The molecular formula is C14H15FN2O. The SMILES string of the molecule is Cc1cc(OCc2cncc(F)c2)c(C)cc1N. The predicted octanol–water partition coefficient (Wildman–Crippen LogP) is 3.00. The van der Waals surface area contributed by atoms with Gasteiger partial charge in [-0.05, 0) is 43.2 Å². The standard InChI is InChI=1S/C14H15FN2O/c1-9-4-14(10(2)3-13(9)16)18-8-11-5-12(15)7-17-6-11/h3-7H,8,16H2,1-2H3. The highest BCUT2D eigenvalue weighted by Gasteiger charge is 2.04. The van der Waals surface area contributed by atoms with Crippen molar-refractivity contribution in [2.75, 3.05) is 5.73 Å². The predicted molar refractivity (Wildman–Crippen MR) is 68.9 cm³/mol. The minimum Gasteiger partial charge on any atom is -0.489 e. The van der Waals surface area contributed by atoms with Gasteiger partial charge in [-0.25, -0.2) is 4.39 Å². The molecule has 0 saturated carbocycles. The van der Waals surface area contributed by atoms with E-state index in [4.69, 9.17) is 10.5 Å². The second kappa shape index (κ2) is 5.04. The summed E-state index contributed by atoms with van der Waals surface area (Å²) in [7, 11) is 0. The summed E-state index contributed by atoms with van der Waals surface area (Å²) in [6.07, 6.45) is 2.75. The number of hydrogen-bond donors (Lipinski definition) is 1. The van der Waals surface area contributed by atoms with Crippen LogP contribution in [-0.2, 0) is 6.61 Å². The van der Waals surface area contributed by atoms with Gasteiger partial charge in [0.15, 0.2) is 0 Å². The number of nitrogens with two attached hydrogens (primary N) is 1. The van der Waals surface area contributed by atoms with Gasteiger partial charge in [-0.3, -0.25) is 4.98 Å². The zero-order valence-electron chi connectivity index (χ0n) is 10.4. The van der Waals surface area contributed by atoms with Gasteiger partial charge in [-0.15, -0.1) is 0 Å². The first-order valence-electron chi connectivity index (χ1n) is 5.65.